The van der Waals surface area contributed by atoms with Crippen molar-refractivity contribution in [2.45, 2.75) is 122 Å². The van der Waals surface area contributed by atoms with Crippen molar-refractivity contribution in [3.05, 3.63) is 136 Å². The summed E-state index contributed by atoms with van der Waals surface area (Å²) in [7, 11) is 1.96. The third kappa shape index (κ3) is 18.1. The number of hydrogen-bond acceptors (Lipinski definition) is 2. The molecule has 2 aromatic carbocycles. The van der Waals surface area contributed by atoms with Crippen LogP contribution >= 0.6 is 0 Å². The van der Waals surface area contributed by atoms with E-state index in [1.54, 1.807) is 6.20 Å². The Kier molecular flexibility index (Phi) is 31.1. The van der Waals surface area contributed by atoms with E-state index in [4.69, 9.17) is 5.73 Å². The smallest absolute Gasteiger partial charge is 0.0416 e. The lowest BCUT2D eigenvalue weighted by Crippen LogP contribution is -2.07. The maximum atomic E-state index is 5.61. The maximum absolute atomic E-state index is 5.61. The first-order valence-electron chi connectivity index (χ1n) is 17.3. The number of benzene rings is 2. The molecule has 2 aromatic rings. The predicted molar refractivity (Wildman–Crippen MR) is 210 cm³/mol. The third-order valence-electron chi connectivity index (χ3n) is 7.19. The van der Waals surface area contributed by atoms with Crippen LogP contribution < -0.4 is 11.1 Å². The first-order valence-corrected chi connectivity index (χ1v) is 17.3. The van der Waals surface area contributed by atoms with E-state index in [9.17, 15) is 0 Å². The van der Waals surface area contributed by atoms with E-state index in [-0.39, 0.29) is 0 Å². The Balaban J connectivity index is -0.000000546. The van der Waals surface area contributed by atoms with Gasteiger partial charge in [-0.3, -0.25) is 0 Å². The Morgan fingerprint density at radius 2 is 1.44 bits per heavy atom. The van der Waals surface area contributed by atoms with Gasteiger partial charge in [0.15, 0.2) is 0 Å². The third-order valence-corrected chi connectivity index (χ3v) is 7.19. The second-order valence-electron chi connectivity index (χ2n) is 10.00. The van der Waals surface area contributed by atoms with E-state index in [0.29, 0.717) is 5.92 Å². The molecule has 0 amide bonds. The molecule has 3 N–H and O–H groups in total. The first-order chi connectivity index (χ1) is 21.7. The summed E-state index contributed by atoms with van der Waals surface area (Å²) in [4.78, 5) is 0. The van der Waals surface area contributed by atoms with E-state index in [2.05, 4.69) is 126 Å². The fourth-order valence-corrected chi connectivity index (χ4v) is 4.56. The topological polar surface area (TPSA) is 38.0 Å². The van der Waals surface area contributed by atoms with Crippen molar-refractivity contribution in [3.8, 4) is 0 Å². The van der Waals surface area contributed by atoms with Crippen LogP contribution in [0.1, 0.15) is 129 Å². The van der Waals surface area contributed by atoms with Crippen molar-refractivity contribution in [1.29, 1.82) is 0 Å². The second kappa shape index (κ2) is 30.5. The maximum Gasteiger partial charge on any atom is 0.0416 e. The van der Waals surface area contributed by atoms with Gasteiger partial charge >= 0.3 is 0 Å². The molecule has 0 saturated heterocycles. The molecule has 3 rings (SSSR count). The molecular formula is C43H70N2. The fraction of sp³-hybridized carbons (Fsp3) is 0.442. The molecule has 1 atom stereocenters. The minimum atomic E-state index is 0.705. The summed E-state index contributed by atoms with van der Waals surface area (Å²) in [6.07, 6.45) is 19.9. The fourth-order valence-electron chi connectivity index (χ4n) is 4.56. The van der Waals surface area contributed by atoms with Crippen LogP contribution in [-0.4, -0.2) is 7.05 Å². The molecule has 0 fully saturated rings. The van der Waals surface area contributed by atoms with Crippen LogP contribution in [0.2, 0.25) is 0 Å². The summed E-state index contributed by atoms with van der Waals surface area (Å²) < 4.78 is 0. The standard InChI is InChI=1S/C14H19N.C12H17N.C11H16.3C2H6/c1-5-6-10-13(15-4)14-11(2)8-7-9-12(14)3;1-3-10(2)12(9-13)11-7-5-4-6-8-11;1-4-9(2)11-8-6-5-7-10(11)3;3*1-2/h5-10,15H,1-4H3;3-5,7,9H,6,8,13H2,1-2H3;5-9H,4H2,1-3H3;3*1-2H3/b6-5-,13-10-;10-3-,12-9+;;;;. The van der Waals surface area contributed by atoms with E-state index < -0.39 is 0 Å². The number of nitrogens with two attached hydrogens (primary N) is 1. The van der Waals surface area contributed by atoms with Crippen molar-refractivity contribution in [3.63, 3.8) is 0 Å². The van der Waals surface area contributed by atoms with Gasteiger partial charge in [0, 0.05) is 24.5 Å². The molecular weight excluding hydrogens is 544 g/mol. The van der Waals surface area contributed by atoms with Crippen LogP contribution in [0.15, 0.2) is 108 Å². The zero-order valence-corrected chi connectivity index (χ0v) is 31.9. The Bertz CT molecular complexity index is 1180. The molecule has 1 unspecified atom stereocenters. The van der Waals surface area contributed by atoms with Gasteiger partial charge in [0.2, 0.25) is 0 Å². The van der Waals surface area contributed by atoms with Gasteiger partial charge in [0.25, 0.3) is 0 Å². The van der Waals surface area contributed by atoms with Gasteiger partial charge in [-0.25, -0.2) is 0 Å². The lowest BCUT2D eigenvalue weighted by atomic mass is 9.93. The molecule has 1 aliphatic carbocycles. The molecule has 2 heteroatoms. The molecule has 2 nitrogen and oxygen atoms in total. The molecule has 0 spiro atoms. The lowest BCUT2D eigenvalue weighted by Gasteiger charge is -2.13. The Morgan fingerprint density at radius 3 is 1.87 bits per heavy atom. The molecule has 0 aliphatic heterocycles. The van der Waals surface area contributed by atoms with E-state index in [1.807, 2.05) is 68.5 Å². The van der Waals surface area contributed by atoms with Gasteiger partial charge < -0.3 is 11.1 Å². The molecule has 0 heterocycles. The van der Waals surface area contributed by atoms with E-state index >= 15 is 0 Å². The molecule has 0 aromatic heterocycles. The zero-order chi connectivity index (χ0) is 35.2. The van der Waals surface area contributed by atoms with E-state index in [1.165, 1.54) is 56.7 Å². The highest BCUT2D eigenvalue weighted by Crippen LogP contribution is 2.25. The molecule has 252 valence electrons. The van der Waals surface area contributed by atoms with Crippen LogP contribution in [0.3, 0.4) is 0 Å². The van der Waals surface area contributed by atoms with Crippen molar-refractivity contribution in [2.24, 2.45) is 5.73 Å². The minimum Gasteiger partial charge on any atom is -0.404 e. The predicted octanol–water partition coefficient (Wildman–Crippen LogP) is 13.1. The van der Waals surface area contributed by atoms with Crippen LogP contribution in [0.25, 0.3) is 5.70 Å². The Morgan fingerprint density at radius 1 is 0.889 bits per heavy atom. The normalized spacial score (nSPS) is 13.0. The number of allylic oxidation sites excluding steroid dienone is 10. The molecule has 45 heavy (non-hydrogen) atoms. The quantitative estimate of drug-likeness (QED) is 0.304. The zero-order valence-electron chi connectivity index (χ0n) is 31.9. The van der Waals surface area contributed by atoms with Crippen LogP contribution in [0.5, 0.6) is 0 Å². The van der Waals surface area contributed by atoms with Crippen LogP contribution in [-0.2, 0) is 0 Å². The average molecular weight is 615 g/mol. The van der Waals surface area contributed by atoms with Gasteiger partial charge in [0.1, 0.15) is 0 Å². The number of hydrogen-bond donors (Lipinski definition) is 2. The Hall–Kier alpha value is -3.52. The number of rotatable bonds is 7. The van der Waals surface area contributed by atoms with Gasteiger partial charge in [-0.1, -0.05) is 134 Å². The monoisotopic (exact) mass is 615 g/mol. The SMILES string of the molecule is C/C=C(C)\C(=C/N)C1=CC=CCC1.C/C=C\C=C(/NC)c1c(C)cccc1C.CC.CC.CC.CCC(C)c1ccccc1C. The van der Waals surface area contributed by atoms with Crippen molar-refractivity contribution >= 4 is 5.70 Å². The Labute approximate surface area is 281 Å². The van der Waals surface area contributed by atoms with E-state index in [0.717, 1.165) is 12.8 Å². The summed E-state index contributed by atoms with van der Waals surface area (Å²) in [5.41, 5.74) is 17.4. The van der Waals surface area contributed by atoms with Crippen LogP contribution in [0, 0.1) is 20.8 Å². The van der Waals surface area contributed by atoms with Gasteiger partial charge in [-0.15, -0.1) is 0 Å². The van der Waals surface area contributed by atoms with Crippen molar-refractivity contribution in [1.82, 2.24) is 5.32 Å². The summed E-state index contributed by atoms with van der Waals surface area (Å²) in [5.74, 6) is 0.705. The molecule has 0 radical (unpaired) electrons. The highest BCUT2D eigenvalue weighted by Gasteiger charge is 2.07. The summed E-state index contributed by atoms with van der Waals surface area (Å²) in [6, 6.07) is 15.0. The van der Waals surface area contributed by atoms with Gasteiger partial charge in [-0.2, -0.15) is 0 Å². The number of nitrogens with one attached hydrogen (secondary N) is 1. The van der Waals surface area contributed by atoms with Crippen molar-refractivity contribution in [2.75, 3.05) is 7.05 Å². The lowest BCUT2D eigenvalue weighted by molar-refractivity contribution is 0.728. The summed E-state index contributed by atoms with van der Waals surface area (Å²) >= 11 is 0. The molecule has 0 saturated carbocycles. The average Bonchev–Trinajstić information content (AvgIpc) is 3.10. The van der Waals surface area contributed by atoms with Crippen molar-refractivity contribution < 1.29 is 0 Å². The van der Waals surface area contributed by atoms with Gasteiger partial charge in [0.05, 0.1) is 0 Å². The summed E-state index contributed by atoms with van der Waals surface area (Å²) in [5, 5.41) is 3.24. The number of aryl methyl sites for hydroxylation is 3. The highest BCUT2D eigenvalue weighted by atomic mass is 14.8. The second-order valence-corrected chi connectivity index (χ2v) is 10.00. The molecule has 0 bridgehead atoms. The van der Waals surface area contributed by atoms with Crippen LogP contribution in [0.4, 0.5) is 0 Å². The summed E-state index contributed by atoms with van der Waals surface area (Å²) in [6.45, 7) is 29.1. The van der Waals surface area contributed by atoms with Gasteiger partial charge in [-0.05, 0) is 112 Å². The molecule has 1 aliphatic rings. The largest absolute Gasteiger partial charge is 0.404 e. The highest BCUT2D eigenvalue weighted by molar-refractivity contribution is 5.70. The minimum absolute atomic E-state index is 0.705. The first kappa shape index (κ1) is 45.9.